The Bertz CT molecular complexity index is 437. The molecule has 0 saturated carbocycles. The summed E-state index contributed by atoms with van der Waals surface area (Å²) in [6.45, 7) is 1.79. The van der Waals surface area contributed by atoms with Crippen molar-refractivity contribution in [2.75, 3.05) is 0 Å². The van der Waals surface area contributed by atoms with Crippen LogP contribution >= 0.6 is 22.9 Å². The maximum atomic E-state index is 5.91. The average molecular weight is 230 g/mol. The molecular formula is C8H8ClN3OS. The van der Waals surface area contributed by atoms with Crippen molar-refractivity contribution in [1.29, 1.82) is 0 Å². The van der Waals surface area contributed by atoms with E-state index in [2.05, 4.69) is 10.2 Å². The van der Waals surface area contributed by atoms with Gasteiger partial charge >= 0.3 is 0 Å². The summed E-state index contributed by atoms with van der Waals surface area (Å²) in [6, 6.07) is 1.53. The van der Waals surface area contributed by atoms with Crippen LogP contribution in [0.25, 0.3) is 10.8 Å². The van der Waals surface area contributed by atoms with Gasteiger partial charge in [-0.15, -0.1) is 21.5 Å². The van der Waals surface area contributed by atoms with Gasteiger partial charge in [0, 0.05) is 0 Å². The van der Waals surface area contributed by atoms with E-state index < -0.39 is 0 Å². The van der Waals surface area contributed by atoms with E-state index in [1.54, 1.807) is 13.0 Å². The van der Waals surface area contributed by atoms with Crippen LogP contribution in [0.2, 0.25) is 5.02 Å². The molecule has 0 aromatic carbocycles. The molecule has 0 saturated heterocycles. The van der Waals surface area contributed by atoms with Crippen molar-refractivity contribution in [3.05, 3.63) is 22.4 Å². The van der Waals surface area contributed by atoms with Gasteiger partial charge in [-0.3, -0.25) is 0 Å². The fraction of sp³-hybridized carbons (Fsp3) is 0.250. The van der Waals surface area contributed by atoms with Gasteiger partial charge in [0.05, 0.1) is 11.1 Å². The Morgan fingerprint density at radius 3 is 2.86 bits per heavy atom. The lowest BCUT2D eigenvalue weighted by atomic mass is 10.4. The number of hydrogen-bond acceptors (Lipinski definition) is 5. The van der Waals surface area contributed by atoms with Gasteiger partial charge in [-0.05, 0) is 18.4 Å². The van der Waals surface area contributed by atoms with Crippen LogP contribution in [-0.4, -0.2) is 10.2 Å². The van der Waals surface area contributed by atoms with Gasteiger partial charge in [0.2, 0.25) is 5.89 Å². The number of nitrogens with two attached hydrogens (primary N) is 1. The molecule has 6 heteroatoms. The Kier molecular flexibility index (Phi) is 2.54. The van der Waals surface area contributed by atoms with Gasteiger partial charge in [0.15, 0.2) is 0 Å². The summed E-state index contributed by atoms with van der Waals surface area (Å²) in [4.78, 5) is 0.783. The van der Waals surface area contributed by atoms with Gasteiger partial charge in [-0.1, -0.05) is 11.6 Å². The largest absolute Gasteiger partial charge is 0.418 e. The summed E-state index contributed by atoms with van der Waals surface area (Å²) in [5.74, 6) is 0.849. The first-order valence-electron chi connectivity index (χ1n) is 4.01. The molecule has 2 rings (SSSR count). The summed E-state index contributed by atoms with van der Waals surface area (Å²) >= 11 is 7.37. The highest BCUT2D eigenvalue weighted by Gasteiger charge is 2.14. The predicted octanol–water partition coefficient (Wildman–Crippen LogP) is 2.47. The zero-order valence-electron chi connectivity index (χ0n) is 7.40. The Labute approximate surface area is 89.7 Å². The molecule has 1 unspecified atom stereocenters. The van der Waals surface area contributed by atoms with E-state index in [4.69, 9.17) is 21.8 Å². The quantitative estimate of drug-likeness (QED) is 0.859. The molecule has 2 N–H and O–H groups in total. The molecule has 0 bridgehead atoms. The van der Waals surface area contributed by atoms with Crippen molar-refractivity contribution in [3.8, 4) is 10.8 Å². The van der Waals surface area contributed by atoms with E-state index in [-0.39, 0.29) is 6.04 Å². The minimum Gasteiger partial charge on any atom is -0.418 e. The summed E-state index contributed by atoms with van der Waals surface area (Å²) in [5.41, 5.74) is 5.59. The zero-order chi connectivity index (χ0) is 10.1. The Morgan fingerprint density at radius 1 is 1.57 bits per heavy atom. The number of rotatable bonds is 2. The van der Waals surface area contributed by atoms with E-state index in [1.807, 2.05) is 5.38 Å². The van der Waals surface area contributed by atoms with E-state index in [9.17, 15) is 0 Å². The van der Waals surface area contributed by atoms with Gasteiger partial charge < -0.3 is 10.2 Å². The highest BCUT2D eigenvalue weighted by molar-refractivity contribution is 7.14. The molecule has 2 aromatic rings. The number of halogens is 1. The van der Waals surface area contributed by atoms with Crippen molar-refractivity contribution in [3.63, 3.8) is 0 Å². The van der Waals surface area contributed by atoms with Crippen molar-refractivity contribution < 1.29 is 4.42 Å². The second-order valence-electron chi connectivity index (χ2n) is 2.83. The summed E-state index contributed by atoms with van der Waals surface area (Å²) in [7, 11) is 0. The molecule has 0 aliphatic carbocycles. The third-order valence-corrected chi connectivity index (χ3v) is 2.97. The van der Waals surface area contributed by atoms with Crippen LogP contribution in [0.4, 0.5) is 0 Å². The maximum Gasteiger partial charge on any atom is 0.259 e. The molecule has 74 valence electrons. The summed E-state index contributed by atoms with van der Waals surface area (Å²) in [6.07, 6.45) is 0. The summed E-state index contributed by atoms with van der Waals surface area (Å²) in [5, 5.41) is 10.2. The highest BCUT2D eigenvalue weighted by atomic mass is 35.5. The molecule has 0 aliphatic rings. The molecule has 2 heterocycles. The fourth-order valence-corrected chi connectivity index (χ4v) is 2.01. The van der Waals surface area contributed by atoms with E-state index >= 15 is 0 Å². The molecule has 0 aliphatic heterocycles. The predicted molar refractivity (Wildman–Crippen MR) is 55.2 cm³/mol. The van der Waals surface area contributed by atoms with Crippen LogP contribution in [0, 0.1) is 0 Å². The number of nitrogens with zero attached hydrogens (tertiary/aromatic N) is 2. The fourth-order valence-electron chi connectivity index (χ4n) is 0.957. The van der Waals surface area contributed by atoms with Crippen LogP contribution in [0.5, 0.6) is 0 Å². The van der Waals surface area contributed by atoms with Crippen molar-refractivity contribution >= 4 is 22.9 Å². The highest BCUT2D eigenvalue weighted by Crippen LogP contribution is 2.32. The van der Waals surface area contributed by atoms with Crippen molar-refractivity contribution in [1.82, 2.24) is 10.2 Å². The van der Waals surface area contributed by atoms with Crippen LogP contribution in [-0.2, 0) is 0 Å². The Morgan fingerprint density at radius 2 is 2.36 bits per heavy atom. The lowest BCUT2D eigenvalue weighted by molar-refractivity contribution is 0.474. The van der Waals surface area contributed by atoms with Gasteiger partial charge in [0.25, 0.3) is 5.89 Å². The first-order chi connectivity index (χ1) is 6.68. The van der Waals surface area contributed by atoms with Crippen molar-refractivity contribution in [2.24, 2.45) is 5.73 Å². The normalized spacial score (nSPS) is 13.1. The van der Waals surface area contributed by atoms with E-state index in [0.29, 0.717) is 16.8 Å². The smallest absolute Gasteiger partial charge is 0.259 e. The SMILES string of the molecule is CC(N)c1nnc(-c2sccc2Cl)o1. The third kappa shape index (κ3) is 1.66. The second-order valence-corrected chi connectivity index (χ2v) is 4.16. The number of aromatic nitrogens is 2. The van der Waals surface area contributed by atoms with E-state index in [1.165, 1.54) is 11.3 Å². The van der Waals surface area contributed by atoms with Crippen LogP contribution in [0.1, 0.15) is 18.9 Å². The van der Waals surface area contributed by atoms with Crippen molar-refractivity contribution in [2.45, 2.75) is 13.0 Å². The Balaban J connectivity index is 2.39. The molecule has 0 fully saturated rings. The molecule has 14 heavy (non-hydrogen) atoms. The molecule has 4 nitrogen and oxygen atoms in total. The topological polar surface area (TPSA) is 64.9 Å². The molecular weight excluding hydrogens is 222 g/mol. The lowest BCUT2D eigenvalue weighted by Crippen LogP contribution is -2.04. The monoisotopic (exact) mass is 229 g/mol. The lowest BCUT2D eigenvalue weighted by Gasteiger charge is -1.94. The van der Waals surface area contributed by atoms with E-state index in [0.717, 1.165) is 4.88 Å². The summed E-state index contributed by atoms with van der Waals surface area (Å²) < 4.78 is 5.35. The minimum absolute atomic E-state index is 0.255. The van der Waals surface area contributed by atoms with Gasteiger partial charge in [-0.2, -0.15) is 0 Å². The second kappa shape index (κ2) is 3.68. The van der Waals surface area contributed by atoms with Gasteiger partial charge in [-0.25, -0.2) is 0 Å². The number of thiophene rings is 1. The first-order valence-corrected chi connectivity index (χ1v) is 5.26. The van der Waals surface area contributed by atoms with Crippen LogP contribution in [0.15, 0.2) is 15.9 Å². The van der Waals surface area contributed by atoms with Gasteiger partial charge in [0.1, 0.15) is 4.88 Å². The maximum absolute atomic E-state index is 5.91. The molecule has 1 atom stereocenters. The molecule has 0 radical (unpaired) electrons. The Hall–Kier alpha value is -0.910. The molecule has 0 amide bonds. The average Bonchev–Trinajstić information content (AvgIpc) is 2.71. The first kappa shape index (κ1) is 9.64. The van der Waals surface area contributed by atoms with Crippen LogP contribution < -0.4 is 5.73 Å². The molecule has 0 spiro atoms. The standard InChI is InChI=1S/C8H8ClN3OS/c1-4(10)7-11-12-8(13-7)6-5(9)2-3-14-6/h2-4H,10H2,1H3. The molecule has 2 aromatic heterocycles. The zero-order valence-corrected chi connectivity index (χ0v) is 8.97. The van der Waals surface area contributed by atoms with Crippen LogP contribution in [0.3, 0.4) is 0 Å². The minimum atomic E-state index is -0.255. The third-order valence-electron chi connectivity index (χ3n) is 1.64. The number of hydrogen-bond donors (Lipinski definition) is 1.